The molecule has 1 amide bonds. The van der Waals surface area contributed by atoms with Gasteiger partial charge in [-0.1, -0.05) is 13.8 Å². The average Bonchev–Trinajstić information content (AvgIpc) is 2.95. The molecule has 0 saturated carbocycles. The lowest BCUT2D eigenvalue weighted by atomic mass is 9.71. The number of likely N-dealkylation sites (tertiary alicyclic amines) is 1. The molecule has 2 aliphatic heterocycles. The van der Waals surface area contributed by atoms with Crippen LogP contribution in [0.25, 0.3) is 0 Å². The van der Waals surface area contributed by atoms with Gasteiger partial charge < -0.3 is 4.90 Å². The van der Waals surface area contributed by atoms with Gasteiger partial charge in [0.1, 0.15) is 5.69 Å². The SMILES string of the molecule is CC1CNNC1C1(C)CCN(C(=O)c2cnccn2)CC1. The van der Waals surface area contributed by atoms with Crippen LogP contribution in [-0.2, 0) is 0 Å². The standard InChI is InChI=1S/C15H23N5O/c1-11-9-18-19-13(11)15(2)3-7-20(8-4-15)14(21)12-10-16-5-6-17-12/h5-6,10-11,13,18-19H,3-4,7-9H2,1-2H3. The summed E-state index contributed by atoms with van der Waals surface area (Å²) in [7, 11) is 0. The van der Waals surface area contributed by atoms with Gasteiger partial charge in [0.05, 0.1) is 6.20 Å². The highest BCUT2D eigenvalue weighted by Gasteiger charge is 2.42. The fourth-order valence-corrected chi connectivity index (χ4v) is 3.55. The van der Waals surface area contributed by atoms with E-state index in [1.807, 2.05) is 4.90 Å². The quantitative estimate of drug-likeness (QED) is 0.844. The Bertz CT molecular complexity index is 498. The maximum absolute atomic E-state index is 12.4. The second-order valence-electron chi connectivity index (χ2n) is 6.52. The number of nitrogens with zero attached hydrogens (tertiary/aromatic N) is 3. The van der Waals surface area contributed by atoms with E-state index in [4.69, 9.17) is 0 Å². The number of hydrogen-bond acceptors (Lipinski definition) is 5. The molecular formula is C15H23N5O. The van der Waals surface area contributed by atoms with E-state index in [1.165, 1.54) is 0 Å². The molecule has 2 aliphatic rings. The van der Waals surface area contributed by atoms with Crippen molar-refractivity contribution in [2.45, 2.75) is 32.7 Å². The highest BCUT2D eigenvalue weighted by molar-refractivity contribution is 5.92. The summed E-state index contributed by atoms with van der Waals surface area (Å²) >= 11 is 0. The molecule has 2 saturated heterocycles. The number of piperidine rings is 1. The Balaban J connectivity index is 1.64. The van der Waals surface area contributed by atoms with Crippen molar-refractivity contribution < 1.29 is 4.79 Å². The summed E-state index contributed by atoms with van der Waals surface area (Å²) in [4.78, 5) is 22.4. The van der Waals surface area contributed by atoms with Gasteiger partial charge in [0.25, 0.3) is 5.91 Å². The molecular weight excluding hydrogens is 266 g/mol. The fourth-order valence-electron chi connectivity index (χ4n) is 3.55. The lowest BCUT2D eigenvalue weighted by molar-refractivity contribution is 0.0493. The summed E-state index contributed by atoms with van der Waals surface area (Å²) in [6, 6.07) is 0.478. The summed E-state index contributed by atoms with van der Waals surface area (Å²) in [5.41, 5.74) is 7.35. The molecule has 6 heteroatoms. The molecule has 0 aromatic carbocycles. The molecule has 2 unspecified atom stereocenters. The first-order chi connectivity index (χ1) is 10.1. The zero-order valence-corrected chi connectivity index (χ0v) is 12.7. The molecule has 1 aromatic heterocycles. The van der Waals surface area contributed by atoms with Crippen molar-refractivity contribution >= 4 is 5.91 Å². The molecule has 21 heavy (non-hydrogen) atoms. The third-order valence-electron chi connectivity index (χ3n) is 4.98. The average molecular weight is 289 g/mol. The predicted octanol–water partition coefficient (Wildman–Crippen LogP) is 0.831. The molecule has 2 N–H and O–H groups in total. The summed E-state index contributed by atoms with van der Waals surface area (Å²) < 4.78 is 0. The first kappa shape index (κ1) is 14.4. The number of hydrogen-bond donors (Lipinski definition) is 2. The topological polar surface area (TPSA) is 70.2 Å². The first-order valence-electron chi connectivity index (χ1n) is 7.64. The molecule has 0 radical (unpaired) electrons. The van der Waals surface area contributed by atoms with E-state index in [0.29, 0.717) is 17.7 Å². The number of carbonyl (C=O) groups is 1. The van der Waals surface area contributed by atoms with Crippen LogP contribution >= 0.6 is 0 Å². The van der Waals surface area contributed by atoms with Gasteiger partial charge in [0.15, 0.2) is 0 Å². The normalized spacial score (nSPS) is 28.6. The van der Waals surface area contributed by atoms with Crippen LogP contribution in [0.3, 0.4) is 0 Å². The Morgan fingerprint density at radius 2 is 2.14 bits per heavy atom. The second-order valence-corrected chi connectivity index (χ2v) is 6.52. The number of hydrazine groups is 1. The lowest BCUT2D eigenvalue weighted by Gasteiger charge is -2.44. The van der Waals surface area contributed by atoms with Crippen molar-refractivity contribution in [1.29, 1.82) is 0 Å². The van der Waals surface area contributed by atoms with E-state index in [-0.39, 0.29) is 11.3 Å². The predicted molar refractivity (Wildman–Crippen MR) is 79.4 cm³/mol. The Hall–Kier alpha value is -1.53. The molecule has 114 valence electrons. The maximum Gasteiger partial charge on any atom is 0.274 e. The highest BCUT2D eigenvalue weighted by Crippen LogP contribution is 2.38. The van der Waals surface area contributed by atoms with E-state index in [9.17, 15) is 4.79 Å². The van der Waals surface area contributed by atoms with Crippen molar-refractivity contribution in [3.05, 3.63) is 24.3 Å². The molecule has 2 atom stereocenters. The van der Waals surface area contributed by atoms with E-state index < -0.39 is 0 Å². The minimum Gasteiger partial charge on any atom is -0.337 e. The van der Waals surface area contributed by atoms with Crippen LogP contribution in [-0.4, -0.2) is 46.5 Å². The molecule has 0 spiro atoms. The van der Waals surface area contributed by atoms with E-state index >= 15 is 0 Å². The van der Waals surface area contributed by atoms with Crippen molar-refractivity contribution in [2.75, 3.05) is 19.6 Å². The van der Waals surface area contributed by atoms with E-state index in [0.717, 1.165) is 32.5 Å². The van der Waals surface area contributed by atoms with Gasteiger partial charge in [-0.15, -0.1) is 0 Å². The number of nitrogens with one attached hydrogen (secondary N) is 2. The molecule has 3 heterocycles. The number of amides is 1. The van der Waals surface area contributed by atoms with Crippen molar-refractivity contribution in [3.63, 3.8) is 0 Å². The van der Waals surface area contributed by atoms with Gasteiger partial charge in [-0.3, -0.25) is 20.6 Å². The first-order valence-corrected chi connectivity index (χ1v) is 7.64. The van der Waals surface area contributed by atoms with Crippen LogP contribution in [0, 0.1) is 11.3 Å². The van der Waals surface area contributed by atoms with Crippen molar-refractivity contribution in [2.24, 2.45) is 11.3 Å². The summed E-state index contributed by atoms with van der Waals surface area (Å²) in [6.07, 6.45) is 6.73. The Morgan fingerprint density at radius 1 is 1.38 bits per heavy atom. The van der Waals surface area contributed by atoms with Gasteiger partial charge in [-0.25, -0.2) is 4.98 Å². The number of aromatic nitrogens is 2. The van der Waals surface area contributed by atoms with Crippen LogP contribution in [0.15, 0.2) is 18.6 Å². The zero-order valence-electron chi connectivity index (χ0n) is 12.7. The molecule has 3 rings (SSSR count). The third kappa shape index (κ3) is 2.78. The smallest absolute Gasteiger partial charge is 0.274 e. The van der Waals surface area contributed by atoms with E-state index in [2.05, 4.69) is 34.7 Å². The van der Waals surface area contributed by atoms with Crippen molar-refractivity contribution in [3.8, 4) is 0 Å². The molecule has 0 bridgehead atoms. The summed E-state index contributed by atoms with van der Waals surface area (Å²) in [5.74, 6) is 0.618. The Kier molecular flexibility index (Phi) is 3.91. The van der Waals surface area contributed by atoms with E-state index in [1.54, 1.807) is 18.6 Å². The Labute approximate surface area is 125 Å². The summed E-state index contributed by atoms with van der Waals surface area (Å²) in [6.45, 7) is 7.20. The van der Waals surface area contributed by atoms with Gasteiger partial charge in [0.2, 0.25) is 0 Å². The zero-order chi connectivity index (χ0) is 14.9. The Morgan fingerprint density at radius 3 is 2.71 bits per heavy atom. The van der Waals surface area contributed by atoms with Crippen LogP contribution in [0.1, 0.15) is 37.2 Å². The minimum atomic E-state index is -0.00398. The number of rotatable bonds is 2. The summed E-state index contributed by atoms with van der Waals surface area (Å²) in [5, 5.41) is 0. The molecule has 1 aromatic rings. The van der Waals surface area contributed by atoms with Gasteiger partial charge >= 0.3 is 0 Å². The van der Waals surface area contributed by atoms with Gasteiger partial charge in [-0.2, -0.15) is 0 Å². The van der Waals surface area contributed by atoms with Crippen LogP contribution in [0.4, 0.5) is 0 Å². The lowest BCUT2D eigenvalue weighted by Crippen LogP contribution is -2.52. The minimum absolute atomic E-state index is 0.00398. The fraction of sp³-hybridized carbons (Fsp3) is 0.667. The monoisotopic (exact) mass is 289 g/mol. The molecule has 6 nitrogen and oxygen atoms in total. The van der Waals surface area contributed by atoms with Crippen LogP contribution < -0.4 is 10.9 Å². The van der Waals surface area contributed by atoms with Crippen LogP contribution in [0.2, 0.25) is 0 Å². The second kappa shape index (κ2) is 5.69. The third-order valence-corrected chi connectivity index (χ3v) is 4.98. The number of carbonyl (C=O) groups excluding carboxylic acids is 1. The largest absolute Gasteiger partial charge is 0.337 e. The maximum atomic E-state index is 12.4. The van der Waals surface area contributed by atoms with Gasteiger partial charge in [-0.05, 0) is 24.2 Å². The van der Waals surface area contributed by atoms with Crippen molar-refractivity contribution in [1.82, 2.24) is 25.7 Å². The highest BCUT2D eigenvalue weighted by atomic mass is 16.2. The molecule has 2 fully saturated rings. The van der Waals surface area contributed by atoms with Crippen LogP contribution in [0.5, 0.6) is 0 Å². The molecule has 0 aliphatic carbocycles. The van der Waals surface area contributed by atoms with Gasteiger partial charge in [0, 0.05) is 38.1 Å².